The van der Waals surface area contributed by atoms with Gasteiger partial charge in [0.25, 0.3) is 0 Å². The van der Waals surface area contributed by atoms with E-state index < -0.39 is 12.2 Å². The van der Waals surface area contributed by atoms with Crippen LogP contribution in [-0.2, 0) is 0 Å². The summed E-state index contributed by atoms with van der Waals surface area (Å²) in [6.07, 6.45) is 7.71. The van der Waals surface area contributed by atoms with Gasteiger partial charge in [-0.1, -0.05) is 11.8 Å². The van der Waals surface area contributed by atoms with Gasteiger partial charge in [-0.3, -0.25) is 9.97 Å². The number of thioether (sulfide) groups is 1. The van der Waals surface area contributed by atoms with Gasteiger partial charge in [-0.05, 0) is 71.5 Å². The van der Waals surface area contributed by atoms with Crippen LogP contribution in [0.5, 0.6) is 11.5 Å². The van der Waals surface area contributed by atoms with Gasteiger partial charge in [0.1, 0.15) is 17.3 Å². The first-order valence-electron chi connectivity index (χ1n) is 11.1. The predicted octanol–water partition coefficient (Wildman–Crippen LogP) is 5.93. The molecule has 11 heteroatoms. The number of halogens is 2. The van der Waals surface area contributed by atoms with Gasteiger partial charge in [-0.25, -0.2) is 9.11 Å². The number of rotatable bonds is 7. The fourth-order valence-electron chi connectivity index (χ4n) is 3.63. The molecule has 0 saturated heterocycles. The van der Waals surface area contributed by atoms with E-state index in [4.69, 9.17) is 4.74 Å². The zero-order chi connectivity index (χ0) is 25.8. The maximum Gasteiger partial charge on any atom is 0.201 e. The van der Waals surface area contributed by atoms with Crippen LogP contribution in [0.4, 0.5) is 8.78 Å². The number of alkyl halides is 1. The Morgan fingerprint density at radius 2 is 2.05 bits per heavy atom. The number of nitrogens with zero attached hydrogens (tertiary/aromatic N) is 4. The van der Waals surface area contributed by atoms with Gasteiger partial charge in [0.2, 0.25) is 5.95 Å². The van der Waals surface area contributed by atoms with E-state index in [1.807, 2.05) is 17.7 Å². The van der Waals surface area contributed by atoms with Crippen molar-refractivity contribution in [3.8, 4) is 28.7 Å². The molecule has 2 N–H and O–H groups in total. The Labute approximate surface area is 221 Å². The number of ether oxygens (including phenoxy) is 1. The van der Waals surface area contributed by atoms with E-state index >= 15 is 0 Å². The number of nitriles is 1. The van der Waals surface area contributed by atoms with Crippen molar-refractivity contribution in [3.63, 3.8) is 0 Å². The molecule has 2 atom stereocenters. The second kappa shape index (κ2) is 11.0. The summed E-state index contributed by atoms with van der Waals surface area (Å²) in [5.41, 5.74) is 2.26. The fraction of sp³-hybridized carbons (Fsp3) is 0.115. The van der Waals surface area contributed by atoms with E-state index in [0.29, 0.717) is 28.3 Å². The summed E-state index contributed by atoms with van der Waals surface area (Å²) in [6, 6.07) is 12.8. The van der Waals surface area contributed by atoms with E-state index in [-0.39, 0.29) is 11.1 Å². The fourth-order valence-corrected chi connectivity index (χ4v) is 5.09. The number of benzene rings is 1. The number of likely N-dealkylation sites (N-methyl/N-ethyl adjacent to an activating group) is 1. The third kappa shape index (κ3) is 5.46. The van der Waals surface area contributed by atoms with Gasteiger partial charge in [0.05, 0.1) is 23.0 Å². The minimum absolute atomic E-state index is 0.0495. The molecule has 0 aliphatic carbocycles. The van der Waals surface area contributed by atoms with Crippen molar-refractivity contribution in [1.29, 1.82) is 5.26 Å². The van der Waals surface area contributed by atoms with Crippen molar-refractivity contribution < 1.29 is 13.5 Å². The van der Waals surface area contributed by atoms with E-state index in [9.17, 15) is 14.0 Å². The second-order valence-corrected chi connectivity index (χ2v) is 9.85. The lowest BCUT2D eigenvalue weighted by atomic mass is 10.0. The topological polar surface area (TPSA) is 86.1 Å². The summed E-state index contributed by atoms with van der Waals surface area (Å²) in [7, 11) is 1.34. The molecular weight excluding hydrogens is 514 g/mol. The number of hydrogen-bond acceptors (Lipinski definition) is 9. The molecule has 186 valence electrons. The summed E-state index contributed by atoms with van der Waals surface area (Å²) in [5.74, 6) is 0.0159. The van der Waals surface area contributed by atoms with Crippen LogP contribution >= 0.6 is 23.7 Å². The molecule has 0 saturated carbocycles. The molecule has 0 bridgehead atoms. The van der Waals surface area contributed by atoms with Crippen molar-refractivity contribution in [2.45, 2.75) is 16.7 Å². The number of nitrogens with one attached hydrogen (secondary N) is 2. The summed E-state index contributed by atoms with van der Waals surface area (Å²) < 4.78 is 38.1. The molecule has 5 rings (SSSR count). The monoisotopic (exact) mass is 534 g/mol. The largest absolute Gasteiger partial charge is 0.454 e. The van der Waals surface area contributed by atoms with Crippen molar-refractivity contribution in [3.05, 3.63) is 96.0 Å². The molecule has 2 unspecified atom stereocenters. The maximum atomic E-state index is 14.8. The number of aromatic nitrogens is 2. The van der Waals surface area contributed by atoms with Crippen LogP contribution in [0.1, 0.15) is 11.3 Å². The van der Waals surface area contributed by atoms with Crippen LogP contribution in [-0.4, -0.2) is 33.7 Å². The minimum Gasteiger partial charge on any atom is -0.454 e. The standard InChI is InChI=1S/C26H20F2N6OS2/c1-34-24(27)5-3-19(25(34)28)21-13-20(16-6-8-30-9-7-16)23(15-32-21)35-22-4-2-18(12-17(22)14-29)37-33-26-31-10-11-36-26/h2-13,15,24,26,31,33H,1H3. The minimum atomic E-state index is -1.54. The number of pyridine rings is 2. The molecule has 1 aromatic carbocycles. The average molecular weight is 535 g/mol. The third-order valence-corrected chi connectivity index (χ3v) is 7.38. The smallest absolute Gasteiger partial charge is 0.201 e. The lowest BCUT2D eigenvalue weighted by Gasteiger charge is -2.24. The van der Waals surface area contributed by atoms with Crippen LogP contribution < -0.4 is 14.8 Å². The molecule has 0 fully saturated rings. The first-order chi connectivity index (χ1) is 18.0. The molecule has 4 heterocycles. The van der Waals surface area contributed by atoms with Crippen LogP contribution in [0.2, 0.25) is 0 Å². The zero-order valence-electron chi connectivity index (χ0n) is 19.4. The second-order valence-electron chi connectivity index (χ2n) is 7.93. The van der Waals surface area contributed by atoms with E-state index in [0.717, 1.165) is 15.4 Å². The highest BCUT2D eigenvalue weighted by molar-refractivity contribution is 8.04. The first-order valence-corrected chi connectivity index (χ1v) is 12.9. The maximum absolute atomic E-state index is 14.8. The molecule has 3 aromatic rings. The highest BCUT2D eigenvalue weighted by atomic mass is 32.2. The van der Waals surface area contributed by atoms with Gasteiger partial charge in [-0.15, -0.1) is 0 Å². The summed E-state index contributed by atoms with van der Waals surface area (Å²) in [4.78, 5) is 10.2. The highest BCUT2D eigenvalue weighted by Gasteiger charge is 2.24. The summed E-state index contributed by atoms with van der Waals surface area (Å²) in [6.45, 7) is 0. The Morgan fingerprint density at radius 3 is 2.81 bits per heavy atom. The van der Waals surface area contributed by atoms with E-state index in [2.05, 4.69) is 26.1 Å². The molecule has 2 aliphatic rings. The van der Waals surface area contributed by atoms with Gasteiger partial charge >= 0.3 is 0 Å². The molecule has 0 amide bonds. The van der Waals surface area contributed by atoms with Gasteiger partial charge in [0.15, 0.2) is 12.0 Å². The Morgan fingerprint density at radius 1 is 1.22 bits per heavy atom. The summed E-state index contributed by atoms with van der Waals surface area (Å²) >= 11 is 3.01. The lowest BCUT2D eigenvalue weighted by Crippen LogP contribution is -2.28. The summed E-state index contributed by atoms with van der Waals surface area (Å²) in [5, 5.41) is 14.9. The molecule has 2 aromatic heterocycles. The molecule has 7 nitrogen and oxygen atoms in total. The average Bonchev–Trinajstić information content (AvgIpc) is 3.46. The Bertz CT molecular complexity index is 1430. The zero-order valence-corrected chi connectivity index (χ0v) is 21.1. The Balaban J connectivity index is 1.46. The molecule has 0 radical (unpaired) electrons. The number of hydrogen-bond donors (Lipinski definition) is 2. The van der Waals surface area contributed by atoms with E-state index in [1.54, 1.807) is 54.5 Å². The molecule has 37 heavy (non-hydrogen) atoms. The van der Waals surface area contributed by atoms with Crippen molar-refractivity contribution in [2.75, 3.05) is 7.05 Å². The Kier molecular flexibility index (Phi) is 7.41. The van der Waals surface area contributed by atoms with Gasteiger partial charge < -0.3 is 15.0 Å². The van der Waals surface area contributed by atoms with E-state index in [1.165, 1.54) is 37.3 Å². The Hall–Kier alpha value is -3.85. The first kappa shape index (κ1) is 24.8. The van der Waals surface area contributed by atoms with Crippen LogP contribution in [0.3, 0.4) is 0 Å². The molecule has 2 aliphatic heterocycles. The molecule has 0 spiro atoms. The predicted molar refractivity (Wildman–Crippen MR) is 141 cm³/mol. The van der Waals surface area contributed by atoms with Crippen molar-refractivity contribution in [1.82, 2.24) is 24.9 Å². The van der Waals surface area contributed by atoms with Crippen LogP contribution in [0.15, 0.2) is 89.6 Å². The van der Waals surface area contributed by atoms with Crippen LogP contribution in [0, 0.1) is 11.3 Å². The highest BCUT2D eigenvalue weighted by Crippen LogP contribution is 2.38. The van der Waals surface area contributed by atoms with Crippen molar-refractivity contribution >= 4 is 29.3 Å². The molecular formula is C26H20F2N6OS2. The van der Waals surface area contributed by atoms with Gasteiger partial charge in [0, 0.05) is 36.1 Å². The quantitative estimate of drug-likeness (QED) is 0.283. The van der Waals surface area contributed by atoms with Crippen LogP contribution in [0.25, 0.3) is 16.7 Å². The lowest BCUT2D eigenvalue weighted by molar-refractivity contribution is 0.157. The normalized spacial score (nSPS) is 18.6. The SMILES string of the molecule is CN1C(F)=C(c2cc(-c3ccncc3)c(Oc3ccc(SNC4NC=CS4)cc3C#N)cn2)C=CC1F. The number of allylic oxidation sites excluding steroid dienone is 2. The van der Waals surface area contributed by atoms with Gasteiger partial charge in [-0.2, -0.15) is 9.65 Å². The third-order valence-electron chi connectivity index (χ3n) is 5.56. The van der Waals surface area contributed by atoms with Crippen molar-refractivity contribution in [2.24, 2.45) is 0 Å².